The van der Waals surface area contributed by atoms with Gasteiger partial charge in [0.1, 0.15) is 0 Å². The molecular weight excluding hydrogens is 306 g/mol. The molecule has 0 amide bonds. The van der Waals surface area contributed by atoms with E-state index in [1.807, 2.05) is 19.9 Å². The number of rotatable bonds is 6. The van der Waals surface area contributed by atoms with Crippen molar-refractivity contribution in [2.75, 3.05) is 0 Å². The molecule has 1 heterocycles. The predicted molar refractivity (Wildman–Crippen MR) is 105 cm³/mol. The van der Waals surface area contributed by atoms with Crippen molar-refractivity contribution in [3.63, 3.8) is 0 Å². The van der Waals surface area contributed by atoms with E-state index < -0.39 is 0 Å². The first-order valence-corrected chi connectivity index (χ1v) is 9.03. The molecule has 128 valence electrons. The van der Waals surface area contributed by atoms with Gasteiger partial charge in [0.2, 0.25) is 0 Å². The lowest BCUT2D eigenvalue weighted by Crippen LogP contribution is -2.13. The summed E-state index contributed by atoms with van der Waals surface area (Å²) in [6, 6.07) is 21.4. The van der Waals surface area contributed by atoms with Gasteiger partial charge in [0.15, 0.2) is 0 Å². The van der Waals surface area contributed by atoms with E-state index in [1.165, 1.54) is 16.7 Å². The molecule has 0 aliphatic carbocycles. The van der Waals surface area contributed by atoms with Crippen LogP contribution in [0.3, 0.4) is 0 Å². The maximum absolute atomic E-state index is 11.9. The third kappa shape index (κ3) is 4.27. The van der Waals surface area contributed by atoms with Crippen molar-refractivity contribution in [3.05, 3.63) is 93.4 Å². The summed E-state index contributed by atoms with van der Waals surface area (Å²) in [6.45, 7) is 3.99. The van der Waals surface area contributed by atoms with Crippen molar-refractivity contribution in [2.45, 2.75) is 39.5 Å². The molecular formula is C23H25NO. The highest BCUT2D eigenvalue weighted by Gasteiger charge is 2.07. The number of hydrogen-bond acceptors (Lipinski definition) is 1. The summed E-state index contributed by atoms with van der Waals surface area (Å²) in [5.74, 6) is 0. The van der Waals surface area contributed by atoms with E-state index in [9.17, 15) is 4.79 Å². The molecule has 0 unspecified atom stereocenters. The number of aryl methyl sites for hydroxylation is 4. The molecule has 0 saturated heterocycles. The molecule has 3 aromatic rings. The molecule has 0 atom stereocenters. The van der Waals surface area contributed by atoms with Crippen LogP contribution in [0.2, 0.25) is 0 Å². The quantitative estimate of drug-likeness (QED) is 0.670. The second-order valence-electron chi connectivity index (χ2n) is 6.56. The predicted octanol–water partition coefficient (Wildman–Crippen LogP) is 5.09. The molecule has 0 radical (unpaired) electrons. The van der Waals surface area contributed by atoms with E-state index in [0.717, 1.165) is 42.5 Å². The van der Waals surface area contributed by atoms with E-state index in [0.29, 0.717) is 0 Å². The molecule has 1 N–H and O–H groups in total. The van der Waals surface area contributed by atoms with Crippen LogP contribution in [0, 0.1) is 6.92 Å². The van der Waals surface area contributed by atoms with Crippen LogP contribution in [0.4, 0.5) is 0 Å². The minimum absolute atomic E-state index is 0.0303. The van der Waals surface area contributed by atoms with Gasteiger partial charge in [-0.15, -0.1) is 0 Å². The van der Waals surface area contributed by atoms with Crippen LogP contribution in [-0.2, 0) is 19.3 Å². The van der Waals surface area contributed by atoms with Crippen LogP contribution >= 0.6 is 0 Å². The Morgan fingerprint density at radius 3 is 2.36 bits per heavy atom. The fraction of sp³-hybridized carbons (Fsp3) is 0.261. The normalized spacial score (nSPS) is 10.8. The average Bonchev–Trinajstić information content (AvgIpc) is 2.63. The van der Waals surface area contributed by atoms with Crippen molar-refractivity contribution < 1.29 is 0 Å². The van der Waals surface area contributed by atoms with Gasteiger partial charge in [0.25, 0.3) is 5.56 Å². The van der Waals surface area contributed by atoms with E-state index in [4.69, 9.17) is 0 Å². The standard InChI is InChI=1S/C23H25NO/c1-3-20-16-22(17(2)24-23(20)25)21-14-8-13-19(15-21)12-7-11-18-9-5-4-6-10-18/h4-6,8-10,13-16H,3,7,11-12H2,1-2H3,(H,24,25). The number of nitrogens with one attached hydrogen (secondary N) is 1. The summed E-state index contributed by atoms with van der Waals surface area (Å²) in [4.78, 5) is 14.9. The van der Waals surface area contributed by atoms with Crippen LogP contribution in [0.15, 0.2) is 65.5 Å². The number of aromatic amines is 1. The second-order valence-corrected chi connectivity index (χ2v) is 6.56. The zero-order chi connectivity index (χ0) is 17.6. The molecule has 0 bridgehead atoms. The third-order valence-electron chi connectivity index (χ3n) is 4.71. The van der Waals surface area contributed by atoms with Crippen LogP contribution in [0.5, 0.6) is 0 Å². The number of pyridine rings is 1. The Hall–Kier alpha value is -2.61. The zero-order valence-corrected chi connectivity index (χ0v) is 15.0. The Balaban J connectivity index is 1.76. The van der Waals surface area contributed by atoms with Crippen molar-refractivity contribution in [1.29, 1.82) is 0 Å². The van der Waals surface area contributed by atoms with Gasteiger partial charge >= 0.3 is 0 Å². The summed E-state index contributed by atoms with van der Waals surface area (Å²) >= 11 is 0. The Morgan fingerprint density at radius 1 is 0.880 bits per heavy atom. The van der Waals surface area contributed by atoms with Gasteiger partial charge in [0, 0.05) is 16.8 Å². The number of H-pyrrole nitrogens is 1. The maximum atomic E-state index is 11.9. The SMILES string of the molecule is CCc1cc(-c2cccc(CCCc3ccccc3)c2)c(C)[nH]c1=O. The summed E-state index contributed by atoms with van der Waals surface area (Å²) < 4.78 is 0. The molecule has 0 saturated carbocycles. The average molecular weight is 331 g/mol. The minimum atomic E-state index is 0.0303. The number of hydrogen-bond donors (Lipinski definition) is 1. The summed E-state index contributed by atoms with van der Waals surface area (Å²) in [6.07, 6.45) is 4.05. The summed E-state index contributed by atoms with van der Waals surface area (Å²) in [5, 5.41) is 0. The van der Waals surface area contributed by atoms with Crippen molar-refractivity contribution >= 4 is 0 Å². The Labute approximate surface area is 149 Å². The molecule has 1 aromatic heterocycles. The lowest BCUT2D eigenvalue weighted by atomic mass is 9.97. The third-order valence-corrected chi connectivity index (χ3v) is 4.71. The fourth-order valence-corrected chi connectivity index (χ4v) is 3.26. The van der Waals surface area contributed by atoms with Crippen LogP contribution in [0.25, 0.3) is 11.1 Å². The zero-order valence-electron chi connectivity index (χ0n) is 15.0. The van der Waals surface area contributed by atoms with E-state index in [2.05, 4.69) is 59.6 Å². The minimum Gasteiger partial charge on any atom is -0.326 e. The maximum Gasteiger partial charge on any atom is 0.251 e. The lowest BCUT2D eigenvalue weighted by Gasteiger charge is -2.10. The van der Waals surface area contributed by atoms with Gasteiger partial charge in [-0.05, 0) is 55.4 Å². The van der Waals surface area contributed by atoms with Crippen LogP contribution in [-0.4, -0.2) is 4.98 Å². The first kappa shape index (κ1) is 17.2. The van der Waals surface area contributed by atoms with Gasteiger partial charge in [-0.1, -0.05) is 61.5 Å². The highest BCUT2D eigenvalue weighted by Crippen LogP contribution is 2.24. The molecule has 25 heavy (non-hydrogen) atoms. The molecule has 0 fully saturated rings. The molecule has 3 rings (SSSR count). The van der Waals surface area contributed by atoms with Gasteiger partial charge in [-0.2, -0.15) is 0 Å². The summed E-state index contributed by atoms with van der Waals surface area (Å²) in [7, 11) is 0. The van der Waals surface area contributed by atoms with Gasteiger partial charge < -0.3 is 4.98 Å². The van der Waals surface area contributed by atoms with Gasteiger partial charge in [0.05, 0.1) is 0 Å². The summed E-state index contributed by atoms with van der Waals surface area (Å²) in [5.41, 5.74) is 6.85. The molecule has 2 heteroatoms. The topological polar surface area (TPSA) is 32.9 Å². The first-order valence-electron chi connectivity index (χ1n) is 9.03. The molecule has 0 aliphatic heterocycles. The van der Waals surface area contributed by atoms with E-state index in [-0.39, 0.29) is 5.56 Å². The number of benzene rings is 2. The Bertz CT molecular complexity index is 893. The smallest absolute Gasteiger partial charge is 0.251 e. The van der Waals surface area contributed by atoms with Crippen LogP contribution in [0.1, 0.15) is 35.7 Å². The monoisotopic (exact) mass is 331 g/mol. The fourth-order valence-electron chi connectivity index (χ4n) is 3.26. The van der Waals surface area contributed by atoms with Crippen molar-refractivity contribution in [3.8, 4) is 11.1 Å². The molecule has 0 spiro atoms. The molecule has 2 nitrogen and oxygen atoms in total. The van der Waals surface area contributed by atoms with Gasteiger partial charge in [-0.25, -0.2) is 0 Å². The Kier molecular flexibility index (Phi) is 5.49. The van der Waals surface area contributed by atoms with E-state index in [1.54, 1.807) is 0 Å². The molecule has 0 aliphatic rings. The highest BCUT2D eigenvalue weighted by molar-refractivity contribution is 5.67. The van der Waals surface area contributed by atoms with Crippen LogP contribution < -0.4 is 5.56 Å². The number of aromatic nitrogens is 1. The van der Waals surface area contributed by atoms with Crippen molar-refractivity contribution in [2.24, 2.45) is 0 Å². The second kappa shape index (κ2) is 7.98. The molecule has 2 aromatic carbocycles. The highest BCUT2D eigenvalue weighted by atomic mass is 16.1. The van der Waals surface area contributed by atoms with Gasteiger partial charge in [-0.3, -0.25) is 4.79 Å². The van der Waals surface area contributed by atoms with E-state index >= 15 is 0 Å². The first-order chi connectivity index (χ1) is 12.2. The van der Waals surface area contributed by atoms with Crippen molar-refractivity contribution in [1.82, 2.24) is 4.98 Å². The largest absolute Gasteiger partial charge is 0.326 e. The Morgan fingerprint density at radius 2 is 1.60 bits per heavy atom. The lowest BCUT2D eigenvalue weighted by molar-refractivity contribution is 0.821.